The van der Waals surface area contributed by atoms with Crippen LogP contribution < -0.4 is 5.73 Å². The van der Waals surface area contributed by atoms with E-state index >= 15 is 0 Å². The number of oxime groups is 1. The fourth-order valence-corrected chi connectivity index (χ4v) is 1.79. The minimum Gasteiger partial charge on any atom is -0.411 e. The normalized spacial score (nSPS) is 18.6. The maximum absolute atomic E-state index is 8.76. The highest BCUT2D eigenvalue weighted by atomic mass is 16.4. The van der Waals surface area contributed by atoms with Crippen LogP contribution in [0.1, 0.15) is 24.0 Å². The van der Waals surface area contributed by atoms with Crippen molar-refractivity contribution in [3.8, 4) is 0 Å². The zero-order valence-corrected chi connectivity index (χ0v) is 7.33. The first kappa shape index (κ1) is 8.10. The van der Waals surface area contributed by atoms with Crippen LogP contribution in [-0.4, -0.2) is 10.9 Å². The monoisotopic (exact) mass is 176 g/mol. The Hall–Kier alpha value is -1.51. The van der Waals surface area contributed by atoms with E-state index < -0.39 is 0 Å². The Morgan fingerprint density at radius 3 is 2.92 bits per heavy atom. The second kappa shape index (κ2) is 3.09. The van der Waals surface area contributed by atoms with Crippen LogP contribution in [0, 0.1) is 0 Å². The summed E-state index contributed by atoms with van der Waals surface area (Å²) >= 11 is 0. The Morgan fingerprint density at radius 1 is 1.31 bits per heavy atom. The molecule has 3 heteroatoms. The minimum absolute atomic E-state index is 0.776. The van der Waals surface area contributed by atoms with E-state index in [4.69, 9.17) is 10.9 Å². The number of nitrogen functional groups attached to an aromatic ring is 1. The van der Waals surface area contributed by atoms with Crippen LogP contribution in [0.5, 0.6) is 0 Å². The zero-order valence-electron chi connectivity index (χ0n) is 7.33. The molecule has 3 nitrogen and oxygen atoms in total. The van der Waals surface area contributed by atoms with Crippen LogP contribution in [0.2, 0.25) is 0 Å². The van der Waals surface area contributed by atoms with Crippen molar-refractivity contribution in [2.45, 2.75) is 19.3 Å². The molecular weight excluding hydrogens is 164 g/mol. The van der Waals surface area contributed by atoms with Crippen LogP contribution in [-0.2, 0) is 6.42 Å². The van der Waals surface area contributed by atoms with Crippen LogP contribution in [0.4, 0.5) is 5.69 Å². The van der Waals surface area contributed by atoms with Gasteiger partial charge in [0.05, 0.1) is 5.71 Å². The molecule has 2 rings (SSSR count). The standard InChI is InChI=1S/C10H12N2O/c11-8-4-5-9-7(6-8)2-1-3-10(9)12-13/h4-6,13H,1-3,11H2. The van der Waals surface area contributed by atoms with Crippen LogP contribution >= 0.6 is 0 Å². The Bertz CT molecular complexity index is 358. The average Bonchev–Trinajstić information content (AvgIpc) is 2.16. The van der Waals surface area contributed by atoms with Gasteiger partial charge in [0, 0.05) is 11.3 Å². The molecule has 0 aliphatic heterocycles. The van der Waals surface area contributed by atoms with Crippen molar-refractivity contribution in [2.75, 3.05) is 5.73 Å². The van der Waals surface area contributed by atoms with E-state index in [0.717, 1.165) is 36.2 Å². The second-order valence-corrected chi connectivity index (χ2v) is 3.32. The van der Waals surface area contributed by atoms with Crippen molar-refractivity contribution in [3.05, 3.63) is 29.3 Å². The molecular formula is C10H12N2O. The summed E-state index contributed by atoms with van der Waals surface area (Å²) in [6, 6.07) is 5.73. The lowest BCUT2D eigenvalue weighted by Crippen LogP contribution is -2.12. The van der Waals surface area contributed by atoms with E-state index in [1.807, 2.05) is 18.2 Å². The van der Waals surface area contributed by atoms with Gasteiger partial charge in [-0.05, 0) is 37.0 Å². The third kappa shape index (κ3) is 1.37. The van der Waals surface area contributed by atoms with Gasteiger partial charge in [-0.15, -0.1) is 0 Å². The molecule has 13 heavy (non-hydrogen) atoms. The molecule has 1 aliphatic rings. The minimum atomic E-state index is 0.776. The maximum atomic E-state index is 8.76. The number of nitrogens with two attached hydrogens (primary N) is 1. The molecule has 0 spiro atoms. The lowest BCUT2D eigenvalue weighted by atomic mass is 9.90. The van der Waals surface area contributed by atoms with Gasteiger partial charge < -0.3 is 10.9 Å². The molecule has 0 saturated heterocycles. The van der Waals surface area contributed by atoms with Gasteiger partial charge in [-0.3, -0.25) is 0 Å². The number of nitrogens with zero attached hydrogens (tertiary/aromatic N) is 1. The van der Waals surface area contributed by atoms with Crippen molar-refractivity contribution in [1.82, 2.24) is 0 Å². The van der Waals surface area contributed by atoms with Crippen LogP contribution in [0.15, 0.2) is 23.4 Å². The molecule has 0 unspecified atom stereocenters. The number of rotatable bonds is 0. The fraction of sp³-hybridized carbons (Fsp3) is 0.300. The molecule has 0 saturated carbocycles. The van der Waals surface area contributed by atoms with Gasteiger partial charge in [0.2, 0.25) is 0 Å². The van der Waals surface area contributed by atoms with Crippen molar-refractivity contribution < 1.29 is 5.21 Å². The van der Waals surface area contributed by atoms with E-state index in [2.05, 4.69) is 5.16 Å². The highest BCUT2D eigenvalue weighted by Crippen LogP contribution is 2.23. The predicted molar refractivity (Wildman–Crippen MR) is 52.1 cm³/mol. The molecule has 0 radical (unpaired) electrons. The van der Waals surface area contributed by atoms with E-state index in [1.54, 1.807) is 0 Å². The van der Waals surface area contributed by atoms with Crippen LogP contribution in [0.25, 0.3) is 0 Å². The Labute approximate surface area is 76.9 Å². The molecule has 0 bridgehead atoms. The molecule has 0 amide bonds. The molecule has 0 heterocycles. The van der Waals surface area contributed by atoms with Crippen molar-refractivity contribution in [2.24, 2.45) is 5.16 Å². The number of hydrogen-bond donors (Lipinski definition) is 2. The molecule has 0 aromatic heterocycles. The van der Waals surface area contributed by atoms with Crippen LogP contribution in [0.3, 0.4) is 0 Å². The summed E-state index contributed by atoms with van der Waals surface area (Å²) in [6.45, 7) is 0. The number of hydrogen-bond acceptors (Lipinski definition) is 3. The summed E-state index contributed by atoms with van der Waals surface area (Å²) < 4.78 is 0. The van der Waals surface area contributed by atoms with E-state index in [1.165, 1.54) is 5.56 Å². The largest absolute Gasteiger partial charge is 0.411 e. The quantitative estimate of drug-likeness (QED) is 0.359. The number of fused-ring (bicyclic) bond motifs is 1. The fourth-order valence-electron chi connectivity index (χ4n) is 1.79. The first-order chi connectivity index (χ1) is 6.31. The van der Waals surface area contributed by atoms with Gasteiger partial charge in [0.1, 0.15) is 0 Å². The summed E-state index contributed by atoms with van der Waals surface area (Å²) in [6.07, 6.45) is 2.92. The van der Waals surface area contributed by atoms with Crippen molar-refractivity contribution in [1.29, 1.82) is 0 Å². The number of benzene rings is 1. The smallest absolute Gasteiger partial charge is 0.0870 e. The van der Waals surface area contributed by atoms with E-state index in [9.17, 15) is 0 Å². The summed E-state index contributed by atoms with van der Waals surface area (Å²) in [5, 5.41) is 12.1. The molecule has 1 aromatic rings. The number of anilines is 1. The molecule has 0 fully saturated rings. The zero-order chi connectivity index (χ0) is 9.26. The highest BCUT2D eigenvalue weighted by molar-refractivity contribution is 6.02. The van der Waals surface area contributed by atoms with Gasteiger partial charge in [-0.25, -0.2) is 0 Å². The molecule has 1 aromatic carbocycles. The summed E-state index contributed by atoms with van der Waals surface area (Å²) in [7, 11) is 0. The van der Waals surface area contributed by atoms with Crippen molar-refractivity contribution in [3.63, 3.8) is 0 Å². The summed E-state index contributed by atoms with van der Waals surface area (Å²) in [5.74, 6) is 0. The molecule has 1 aliphatic carbocycles. The van der Waals surface area contributed by atoms with Gasteiger partial charge in [0.15, 0.2) is 0 Å². The lowest BCUT2D eigenvalue weighted by Gasteiger charge is -2.16. The predicted octanol–water partition coefficient (Wildman–Crippen LogP) is 1.78. The summed E-state index contributed by atoms with van der Waals surface area (Å²) in [5.41, 5.74) is 9.46. The number of aryl methyl sites for hydroxylation is 1. The molecule has 0 atom stereocenters. The summed E-state index contributed by atoms with van der Waals surface area (Å²) in [4.78, 5) is 0. The Balaban J connectivity index is 2.52. The maximum Gasteiger partial charge on any atom is 0.0870 e. The lowest BCUT2D eigenvalue weighted by molar-refractivity contribution is 0.317. The SMILES string of the molecule is Nc1ccc2c(c1)CCCC2=NO. The molecule has 3 N–H and O–H groups in total. The topological polar surface area (TPSA) is 58.6 Å². The van der Waals surface area contributed by atoms with Gasteiger partial charge in [-0.1, -0.05) is 11.2 Å². The van der Waals surface area contributed by atoms with Crippen molar-refractivity contribution >= 4 is 11.4 Å². The van der Waals surface area contributed by atoms with Gasteiger partial charge >= 0.3 is 0 Å². The van der Waals surface area contributed by atoms with Gasteiger partial charge in [0.25, 0.3) is 0 Å². The first-order valence-corrected chi connectivity index (χ1v) is 4.41. The highest BCUT2D eigenvalue weighted by Gasteiger charge is 2.15. The van der Waals surface area contributed by atoms with Gasteiger partial charge in [-0.2, -0.15) is 0 Å². The third-order valence-electron chi connectivity index (χ3n) is 2.42. The Kier molecular flexibility index (Phi) is 1.93. The average molecular weight is 176 g/mol. The third-order valence-corrected chi connectivity index (χ3v) is 2.42. The first-order valence-electron chi connectivity index (χ1n) is 4.41. The second-order valence-electron chi connectivity index (χ2n) is 3.32. The molecule has 68 valence electrons. The van der Waals surface area contributed by atoms with E-state index in [-0.39, 0.29) is 0 Å². The Morgan fingerprint density at radius 2 is 2.15 bits per heavy atom. The van der Waals surface area contributed by atoms with E-state index in [0.29, 0.717) is 0 Å².